The highest BCUT2D eigenvalue weighted by molar-refractivity contribution is 6.31. The third-order valence-electron chi connectivity index (χ3n) is 4.07. The van der Waals surface area contributed by atoms with E-state index in [1.807, 2.05) is 19.1 Å². The summed E-state index contributed by atoms with van der Waals surface area (Å²) in [7, 11) is 0. The smallest absolute Gasteiger partial charge is 0.228 e. The molecule has 0 spiro atoms. The van der Waals surface area contributed by atoms with Gasteiger partial charge in [-0.05, 0) is 53.9 Å². The van der Waals surface area contributed by atoms with Crippen molar-refractivity contribution in [3.8, 4) is 5.88 Å². The number of aryl methyl sites for hydroxylation is 1. The number of carbonyl (C=O) groups is 1. The van der Waals surface area contributed by atoms with Gasteiger partial charge in [0.15, 0.2) is 0 Å². The third kappa shape index (κ3) is 5.27. The van der Waals surface area contributed by atoms with Gasteiger partial charge in [-0.3, -0.25) is 4.79 Å². The van der Waals surface area contributed by atoms with Gasteiger partial charge in [0.05, 0.1) is 12.6 Å². The molecular formula is C21H17ClF2N2O2. The molecule has 0 aliphatic heterocycles. The lowest BCUT2D eigenvalue weighted by atomic mass is 10.1. The van der Waals surface area contributed by atoms with Gasteiger partial charge >= 0.3 is 0 Å². The minimum absolute atomic E-state index is 0.0409. The van der Waals surface area contributed by atoms with Crippen molar-refractivity contribution >= 4 is 23.2 Å². The molecule has 0 bridgehead atoms. The first-order chi connectivity index (χ1) is 13.4. The van der Waals surface area contributed by atoms with Gasteiger partial charge in [-0.2, -0.15) is 0 Å². The van der Waals surface area contributed by atoms with Crippen molar-refractivity contribution in [1.82, 2.24) is 4.98 Å². The summed E-state index contributed by atoms with van der Waals surface area (Å²) in [6, 6.07) is 12.1. The maximum Gasteiger partial charge on any atom is 0.228 e. The van der Waals surface area contributed by atoms with Gasteiger partial charge < -0.3 is 10.1 Å². The molecule has 3 aromatic rings. The number of pyridine rings is 1. The van der Waals surface area contributed by atoms with E-state index in [9.17, 15) is 13.6 Å². The minimum Gasteiger partial charge on any atom is -0.473 e. The number of carbonyl (C=O) groups excluding carboxylic acids is 1. The number of nitrogens with zero attached hydrogens (tertiary/aromatic N) is 1. The largest absolute Gasteiger partial charge is 0.473 e. The van der Waals surface area contributed by atoms with Crippen molar-refractivity contribution in [3.05, 3.63) is 88.1 Å². The van der Waals surface area contributed by atoms with Crippen LogP contribution in [0.25, 0.3) is 0 Å². The minimum atomic E-state index is -0.446. The number of anilines is 1. The van der Waals surface area contributed by atoms with Gasteiger partial charge in [0, 0.05) is 16.8 Å². The van der Waals surface area contributed by atoms with Gasteiger partial charge in [-0.15, -0.1) is 0 Å². The second-order valence-electron chi connectivity index (χ2n) is 6.21. The summed E-state index contributed by atoms with van der Waals surface area (Å²) in [5.41, 5.74) is 3.00. The number of aromatic nitrogens is 1. The molecule has 1 aromatic heterocycles. The Morgan fingerprint density at radius 1 is 1.07 bits per heavy atom. The zero-order chi connectivity index (χ0) is 20.1. The van der Waals surface area contributed by atoms with E-state index in [2.05, 4.69) is 10.3 Å². The van der Waals surface area contributed by atoms with E-state index >= 15 is 0 Å². The SMILES string of the molecule is Cc1cc(NC(=O)Cc2ccc(F)cc2Cl)ccc1COc1ccc(F)cn1. The summed E-state index contributed by atoms with van der Waals surface area (Å²) in [6.45, 7) is 2.16. The molecule has 4 nitrogen and oxygen atoms in total. The van der Waals surface area contributed by atoms with Crippen molar-refractivity contribution < 1.29 is 18.3 Å². The standard InChI is InChI=1S/C21H17ClF2N2O2/c1-13-8-18(26-20(27)9-14-2-4-16(23)10-19(14)22)6-3-15(13)12-28-21-7-5-17(24)11-25-21/h2-8,10-11H,9,12H2,1H3,(H,26,27). The molecule has 28 heavy (non-hydrogen) atoms. The lowest BCUT2D eigenvalue weighted by molar-refractivity contribution is -0.115. The molecule has 0 radical (unpaired) electrons. The third-order valence-corrected chi connectivity index (χ3v) is 4.42. The van der Waals surface area contributed by atoms with Gasteiger partial charge in [-0.1, -0.05) is 23.7 Å². The number of rotatable bonds is 6. The predicted molar refractivity (Wildman–Crippen MR) is 103 cm³/mol. The number of benzene rings is 2. The van der Waals surface area contributed by atoms with Crippen LogP contribution in [-0.4, -0.2) is 10.9 Å². The molecule has 3 rings (SSSR count). The summed E-state index contributed by atoms with van der Waals surface area (Å²) >= 11 is 5.96. The molecule has 7 heteroatoms. The average molecular weight is 403 g/mol. The fraction of sp³-hybridized carbons (Fsp3) is 0.143. The van der Waals surface area contributed by atoms with Crippen molar-refractivity contribution in [3.63, 3.8) is 0 Å². The molecule has 0 aliphatic rings. The fourth-order valence-corrected chi connectivity index (χ4v) is 2.81. The van der Waals surface area contributed by atoms with Crippen molar-refractivity contribution in [1.29, 1.82) is 0 Å². The monoisotopic (exact) mass is 402 g/mol. The van der Waals surface area contributed by atoms with E-state index in [4.69, 9.17) is 16.3 Å². The lowest BCUT2D eigenvalue weighted by Crippen LogP contribution is -2.15. The van der Waals surface area contributed by atoms with Crippen LogP contribution >= 0.6 is 11.6 Å². The Bertz CT molecular complexity index is 994. The summed E-state index contributed by atoms with van der Waals surface area (Å²) in [5, 5.41) is 3.01. The predicted octanol–water partition coefficient (Wildman–Crippen LogP) is 5.08. The van der Waals surface area contributed by atoms with Gasteiger partial charge in [0.1, 0.15) is 18.2 Å². The highest BCUT2D eigenvalue weighted by Crippen LogP contribution is 2.20. The molecule has 1 N–H and O–H groups in total. The molecule has 0 aliphatic carbocycles. The molecule has 0 atom stereocenters. The first kappa shape index (κ1) is 19.8. The number of halogens is 3. The lowest BCUT2D eigenvalue weighted by Gasteiger charge is -2.11. The number of ether oxygens (including phenoxy) is 1. The van der Waals surface area contributed by atoms with Gasteiger partial charge in [0.25, 0.3) is 0 Å². The second-order valence-corrected chi connectivity index (χ2v) is 6.61. The van der Waals surface area contributed by atoms with Crippen molar-refractivity contribution in [2.24, 2.45) is 0 Å². The van der Waals surface area contributed by atoms with Gasteiger partial charge in [0.2, 0.25) is 11.8 Å². The van der Waals surface area contributed by atoms with E-state index in [1.165, 1.54) is 30.3 Å². The quantitative estimate of drug-likeness (QED) is 0.625. The molecule has 0 unspecified atom stereocenters. The van der Waals surface area contributed by atoms with Crippen LogP contribution in [0, 0.1) is 18.6 Å². The van der Waals surface area contributed by atoms with E-state index in [-0.39, 0.29) is 24.0 Å². The summed E-state index contributed by atoms with van der Waals surface area (Å²) in [6.07, 6.45) is 1.13. The maximum atomic E-state index is 13.1. The zero-order valence-electron chi connectivity index (χ0n) is 15.0. The number of hydrogen-bond acceptors (Lipinski definition) is 3. The zero-order valence-corrected chi connectivity index (χ0v) is 15.8. The Labute approximate surface area is 166 Å². The van der Waals surface area contributed by atoms with Crippen LogP contribution in [0.5, 0.6) is 5.88 Å². The number of nitrogens with one attached hydrogen (secondary N) is 1. The first-order valence-corrected chi connectivity index (χ1v) is 8.86. The molecule has 2 aromatic carbocycles. The van der Waals surface area contributed by atoms with Crippen LogP contribution in [0.1, 0.15) is 16.7 Å². The van der Waals surface area contributed by atoms with Crippen LogP contribution in [0.15, 0.2) is 54.7 Å². The molecule has 0 fully saturated rings. The number of amides is 1. The highest BCUT2D eigenvalue weighted by Gasteiger charge is 2.10. The van der Waals surface area contributed by atoms with Crippen LogP contribution in [0.2, 0.25) is 5.02 Å². The molecule has 1 heterocycles. The Kier molecular flexibility index (Phi) is 6.21. The Morgan fingerprint density at radius 3 is 2.50 bits per heavy atom. The maximum absolute atomic E-state index is 13.1. The topological polar surface area (TPSA) is 51.2 Å². The number of hydrogen-bond donors (Lipinski definition) is 1. The highest BCUT2D eigenvalue weighted by atomic mass is 35.5. The van der Waals surface area contributed by atoms with E-state index < -0.39 is 11.6 Å². The second kappa shape index (κ2) is 8.80. The van der Waals surface area contributed by atoms with E-state index in [0.717, 1.165) is 17.3 Å². The van der Waals surface area contributed by atoms with Crippen LogP contribution < -0.4 is 10.1 Å². The molecular weight excluding hydrogens is 386 g/mol. The van der Waals surface area contributed by atoms with Crippen LogP contribution in [0.3, 0.4) is 0 Å². The van der Waals surface area contributed by atoms with E-state index in [0.29, 0.717) is 17.1 Å². The molecule has 144 valence electrons. The average Bonchev–Trinajstić information content (AvgIpc) is 2.65. The fourth-order valence-electron chi connectivity index (χ4n) is 2.58. The first-order valence-electron chi connectivity index (χ1n) is 8.48. The Hall–Kier alpha value is -2.99. The Balaban J connectivity index is 1.60. The Morgan fingerprint density at radius 2 is 1.82 bits per heavy atom. The summed E-state index contributed by atoms with van der Waals surface area (Å²) in [5.74, 6) is -0.800. The molecule has 0 saturated carbocycles. The normalized spacial score (nSPS) is 10.6. The summed E-state index contributed by atoms with van der Waals surface area (Å²) < 4.78 is 31.5. The summed E-state index contributed by atoms with van der Waals surface area (Å²) in [4.78, 5) is 16.1. The van der Waals surface area contributed by atoms with E-state index in [1.54, 1.807) is 6.07 Å². The van der Waals surface area contributed by atoms with Gasteiger partial charge in [-0.25, -0.2) is 13.8 Å². The molecule has 1 amide bonds. The van der Waals surface area contributed by atoms with Crippen LogP contribution in [0.4, 0.5) is 14.5 Å². The van der Waals surface area contributed by atoms with Crippen molar-refractivity contribution in [2.45, 2.75) is 20.0 Å². The molecule has 0 saturated heterocycles. The van der Waals surface area contributed by atoms with Crippen LogP contribution in [-0.2, 0) is 17.8 Å². The van der Waals surface area contributed by atoms with Crippen molar-refractivity contribution in [2.75, 3.05) is 5.32 Å².